The molecule has 0 spiro atoms. The molecule has 0 amide bonds. The van der Waals surface area contributed by atoms with Crippen molar-refractivity contribution >= 4 is 11.3 Å². The second-order valence-corrected chi connectivity index (χ2v) is 6.74. The molecule has 0 N–H and O–H groups in total. The van der Waals surface area contributed by atoms with Gasteiger partial charge in [-0.3, -0.25) is 0 Å². The average molecular weight is 292 g/mol. The van der Waals surface area contributed by atoms with E-state index in [1.807, 2.05) is 11.3 Å². The lowest BCUT2D eigenvalue weighted by Crippen LogP contribution is -2.28. The predicted molar refractivity (Wildman–Crippen MR) is 86.6 cm³/mol. The average Bonchev–Trinajstić information content (AvgIpc) is 3.07. The van der Waals surface area contributed by atoms with Crippen molar-refractivity contribution in [1.29, 1.82) is 0 Å². The second kappa shape index (κ2) is 4.83. The van der Waals surface area contributed by atoms with Gasteiger partial charge in [-0.1, -0.05) is 60.7 Å². The zero-order valence-electron chi connectivity index (χ0n) is 11.9. The van der Waals surface area contributed by atoms with Gasteiger partial charge >= 0.3 is 0 Å². The molecule has 3 aromatic rings. The highest BCUT2D eigenvalue weighted by Crippen LogP contribution is 2.49. The van der Waals surface area contributed by atoms with E-state index in [-0.39, 0.29) is 0 Å². The first kappa shape index (κ1) is 12.8. The number of fused-ring (bicyclic) bond motifs is 1. The minimum atomic E-state index is -0.456. The Labute approximate surface area is 128 Å². The van der Waals surface area contributed by atoms with Gasteiger partial charge in [0.25, 0.3) is 0 Å². The van der Waals surface area contributed by atoms with Crippen molar-refractivity contribution in [1.82, 2.24) is 0 Å². The van der Waals surface area contributed by atoms with Gasteiger partial charge in [0.05, 0.1) is 6.61 Å². The van der Waals surface area contributed by atoms with Crippen LogP contribution < -0.4 is 0 Å². The van der Waals surface area contributed by atoms with Crippen molar-refractivity contribution < 1.29 is 4.74 Å². The van der Waals surface area contributed by atoms with E-state index < -0.39 is 5.60 Å². The lowest BCUT2D eigenvalue weighted by molar-refractivity contribution is 0.0271. The third-order valence-electron chi connectivity index (χ3n) is 4.09. The Kier molecular flexibility index (Phi) is 2.95. The molecular formula is C19H16OS. The lowest BCUT2D eigenvalue weighted by Gasteiger charge is -2.30. The second-order valence-electron chi connectivity index (χ2n) is 5.40. The first-order valence-electron chi connectivity index (χ1n) is 7.15. The van der Waals surface area contributed by atoms with Crippen LogP contribution in [0.15, 0.2) is 66.7 Å². The normalized spacial score (nSPS) is 15.9. The van der Waals surface area contributed by atoms with Gasteiger partial charge in [0.15, 0.2) is 0 Å². The zero-order valence-corrected chi connectivity index (χ0v) is 12.7. The highest BCUT2D eigenvalue weighted by Gasteiger charge is 2.44. The SMILES string of the molecule is Cc1cc2c(s1)COC2(c1ccccc1)c1ccccc1. The van der Waals surface area contributed by atoms with E-state index in [4.69, 9.17) is 4.74 Å². The van der Waals surface area contributed by atoms with E-state index in [0.29, 0.717) is 6.61 Å². The molecule has 0 aliphatic carbocycles. The summed E-state index contributed by atoms with van der Waals surface area (Å²) in [7, 11) is 0. The number of benzene rings is 2. The number of thiophene rings is 1. The molecule has 21 heavy (non-hydrogen) atoms. The molecule has 2 heteroatoms. The van der Waals surface area contributed by atoms with Crippen molar-refractivity contribution in [3.05, 3.63) is 93.2 Å². The molecule has 1 nitrogen and oxygen atoms in total. The van der Waals surface area contributed by atoms with E-state index in [2.05, 4.69) is 73.7 Å². The fourth-order valence-corrected chi connectivity index (χ4v) is 4.21. The highest BCUT2D eigenvalue weighted by molar-refractivity contribution is 7.12. The summed E-state index contributed by atoms with van der Waals surface area (Å²) in [6, 6.07) is 23.4. The molecule has 0 atom stereocenters. The Morgan fingerprint density at radius 2 is 1.48 bits per heavy atom. The van der Waals surface area contributed by atoms with Crippen LogP contribution in [0.25, 0.3) is 0 Å². The summed E-state index contributed by atoms with van der Waals surface area (Å²) in [5.41, 5.74) is 3.26. The van der Waals surface area contributed by atoms with Crippen LogP contribution >= 0.6 is 11.3 Å². The fourth-order valence-electron chi connectivity index (χ4n) is 3.21. The first-order valence-corrected chi connectivity index (χ1v) is 7.97. The monoisotopic (exact) mass is 292 g/mol. The third-order valence-corrected chi connectivity index (χ3v) is 5.12. The molecule has 0 bridgehead atoms. The molecule has 0 saturated carbocycles. The Morgan fingerprint density at radius 1 is 0.905 bits per heavy atom. The molecule has 4 rings (SSSR count). The summed E-state index contributed by atoms with van der Waals surface area (Å²) in [6.07, 6.45) is 0. The number of aryl methyl sites for hydroxylation is 1. The van der Waals surface area contributed by atoms with Crippen LogP contribution in [-0.4, -0.2) is 0 Å². The minimum Gasteiger partial charge on any atom is -0.355 e. The van der Waals surface area contributed by atoms with Crippen LogP contribution in [0.3, 0.4) is 0 Å². The van der Waals surface area contributed by atoms with E-state index in [1.54, 1.807) is 0 Å². The Hall–Kier alpha value is -1.90. The summed E-state index contributed by atoms with van der Waals surface area (Å²) in [5.74, 6) is 0. The topological polar surface area (TPSA) is 9.23 Å². The largest absolute Gasteiger partial charge is 0.355 e. The predicted octanol–water partition coefficient (Wildman–Crippen LogP) is 4.88. The number of hydrogen-bond donors (Lipinski definition) is 0. The van der Waals surface area contributed by atoms with Crippen molar-refractivity contribution in [2.24, 2.45) is 0 Å². The van der Waals surface area contributed by atoms with Gasteiger partial charge in [0.2, 0.25) is 0 Å². The molecule has 0 fully saturated rings. The quantitative estimate of drug-likeness (QED) is 0.654. The molecule has 2 aromatic carbocycles. The van der Waals surface area contributed by atoms with Gasteiger partial charge in [-0.15, -0.1) is 11.3 Å². The van der Waals surface area contributed by atoms with Crippen LogP contribution in [-0.2, 0) is 16.9 Å². The number of rotatable bonds is 2. The van der Waals surface area contributed by atoms with Crippen LogP contribution in [0.2, 0.25) is 0 Å². The van der Waals surface area contributed by atoms with Gasteiger partial charge in [0.1, 0.15) is 5.60 Å². The maximum atomic E-state index is 6.39. The molecule has 1 aliphatic heterocycles. The molecular weight excluding hydrogens is 276 g/mol. The fraction of sp³-hybridized carbons (Fsp3) is 0.158. The molecule has 1 aromatic heterocycles. The highest BCUT2D eigenvalue weighted by atomic mass is 32.1. The maximum Gasteiger partial charge on any atom is 0.145 e. The lowest BCUT2D eigenvalue weighted by atomic mass is 9.81. The van der Waals surface area contributed by atoms with Crippen LogP contribution in [0.1, 0.15) is 26.4 Å². The van der Waals surface area contributed by atoms with Crippen molar-refractivity contribution in [2.75, 3.05) is 0 Å². The van der Waals surface area contributed by atoms with Gasteiger partial charge in [-0.05, 0) is 24.1 Å². The summed E-state index contributed by atoms with van der Waals surface area (Å²) >= 11 is 1.84. The maximum absolute atomic E-state index is 6.39. The van der Waals surface area contributed by atoms with Crippen LogP contribution in [0.5, 0.6) is 0 Å². The summed E-state index contributed by atoms with van der Waals surface area (Å²) < 4.78 is 6.39. The van der Waals surface area contributed by atoms with Gasteiger partial charge in [0, 0.05) is 15.3 Å². The molecule has 2 heterocycles. The van der Waals surface area contributed by atoms with E-state index in [1.165, 1.54) is 26.4 Å². The minimum absolute atomic E-state index is 0.456. The first-order chi connectivity index (χ1) is 10.3. The van der Waals surface area contributed by atoms with E-state index in [9.17, 15) is 0 Å². The summed E-state index contributed by atoms with van der Waals surface area (Å²) in [4.78, 5) is 2.69. The van der Waals surface area contributed by atoms with Gasteiger partial charge in [-0.2, -0.15) is 0 Å². The Bertz CT molecular complexity index is 719. The molecule has 0 unspecified atom stereocenters. The smallest absolute Gasteiger partial charge is 0.145 e. The van der Waals surface area contributed by atoms with Gasteiger partial charge in [-0.25, -0.2) is 0 Å². The Morgan fingerprint density at radius 3 is 2.05 bits per heavy atom. The van der Waals surface area contributed by atoms with Gasteiger partial charge < -0.3 is 4.74 Å². The third kappa shape index (κ3) is 1.87. The van der Waals surface area contributed by atoms with E-state index >= 15 is 0 Å². The van der Waals surface area contributed by atoms with E-state index in [0.717, 1.165) is 0 Å². The van der Waals surface area contributed by atoms with Crippen molar-refractivity contribution in [3.8, 4) is 0 Å². The zero-order chi connectivity index (χ0) is 14.3. The molecule has 1 aliphatic rings. The number of hydrogen-bond acceptors (Lipinski definition) is 2. The summed E-state index contributed by atoms with van der Waals surface area (Å²) in [5, 5.41) is 0. The number of ether oxygens (including phenoxy) is 1. The van der Waals surface area contributed by atoms with Crippen LogP contribution in [0, 0.1) is 6.92 Å². The molecule has 0 saturated heterocycles. The van der Waals surface area contributed by atoms with Crippen LogP contribution in [0.4, 0.5) is 0 Å². The standard InChI is InChI=1S/C19H16OS/c1-14-12-17-18(21-14)13-20-19(17,15-8-4-2-5-9-15)16-10-6-3-7-11-16/h2-12H,13H2,1H3. The van der Waals surface area contributed by atoms with Crippen molar-refractivity contribution in [2.45, 2.75) is 19.1 Å². The summed E-state index contributed by atoms with van der Waals surface area (Å²) in [6.45, 7) is 2.86. The molecule has 0 radical (unpaired) electrons. The van der Waals surface area contributed by atoms with Crippen molar-refractivity contribution in [3.63, 3.8) is 0 Å². The molecule has 104 valence electrons. The Balaban J connectivity index is 2.01.